The highest BCUT2D eigenvalue weighted by Gasteiger charge is 2.25. The molecule has 30 heavy (non-hydrogen) atoms. The standard InChI is InChI=1S/C24H28N4O.ClH/c1-15-6-5-9-28(14-15)24(29)21-13-25-23-20(8-7-18(4)26-23)22(21)27-19-11-16(2)10-17(3)12-19;/h7-8,10-13,15H,5-6,9,14H2,1-4H3,(H,25,26,27);1H. The van der Waals surface area contributed by atoms with Crippen LogP contribution in [0.3, 0.4) is 0 Å². The highest BCUT2D eigenvalue weighted by molar-refractivity contribution is 6.07. The minimum Gasteiger partial charge on any atom is -0.354 e. The van der Waals surface area contributed by atoms with Gasteiger partial charge in [-0.25, -0.2) is 9.97 Å². The summed E-state index contributed by atoms with van der Waals surface area (Å²) in [7, 11) is 0. The van der Waals surface area contributed by atoms with Gasteiger partial charge < -0.3 is 10.2 Å². The number of likely N-dealkylation sites (tertiary alicyclic amines) is 1. The molecular weight excluding hydrogens is 396 g/mol. The summed E-state index contributed by atoms with van der Waals surface area (Å²) in [6.45, 7) is 9.91. The van der Waals surface area contributed by atoms with E-state index in [2.05, 4.69) is 54.3 Å². The maximum absolute atomic E-state index is 13.4. The molecule has 1 saturated heterocycles. The summed E-state index contributed by atoms with van der Waals surface area (Å²) in [6.07, 6.45) is 3.91. The Balaban J connectivity index is 0.00000256. The van der Waals surface area contributed by atoms with E-state index in [-0.39, 0.29) is 18.3 Å². The number of carbonyl (C=O) groups excluding carboxylic acids is 1. The molecule has 1 unspecified atom stereocenters. The van der Waals surface area contributed by atoms with Crippen LogP contribution in [-0.2, 0) is 0 Å². The number of piperidine rings is 1. The molecule has 1 fully saturated rings. The Bertz CT molecular complexity index is 1060. The van der Waals surface area contributed by atoms with Gasteiger partial charge in [-0.05, 0) is 74.9 Å². The monoisotopic (exact) mass is 424 g/mol. The number of amides is 1. The molecule has 3 heterocycles. The molecule has 0 radical (unpaired) electrons. The Morgan fingerprint density at radius 2 is 1.87 bits per heavy atom. The lowest BCUT2D eigenvalue weighted by Gasteiger charge is -2.31. The van der Waals surface area contributed by atoms with Gasteiger partial charge in [0.15, 0.2) is 5.65 Å². The number of benzene rings is 1. The molecular formula is C24H29ClN4O. The lowest BCUT2D eigenvalue weighted by Crippen LogP contribution is -2.39. The van der Waals surface area contributed by atoms with Crippen LogP contribution in [0.4, 0.5) is 11.4 Å². The second kappa shape index (κ2) is 9.00. The molecule has 0 aliphatic carbocycles. The highest BCUT2D eigenvalue weighted by Crippen LogP contribution is 2.31. The zero-order valence-electron chi connectivity index (χ0n) is 18.0. The molecule has 4 rings (SSSR count). The topological polar surface area (TPSA) is 58.1 Å². The van der Waals surface area contributed by atoms with Gasteiger partial charge in [-0.15, -0.1) is 12.4 Å². The van der Waals surface area contributed by atoms with Crippen LogP contribution in [0.15, 0.2) is 36.5 Å². The van der Waals surface area contributed by atoms with Crippen molar-refractivity contribution in [1.82, 2.24) is 14.9 Å². The maximum atomic E-state index is 13.4. The highest BCUT2D eigenvalue weighted by atomic mass is 35.5. The third kappa shape index (κ3) is 4.57. The number of aromatic nitrogens is 2. The third-order valence-corrected chi connectivity index (χ3v) is 5.53. The van der Waals surface area contributed by atoms with Crippen LogP contribution in [0.25, 0.3) is 11.0 Å². The summed E-state index contributed by atoms with van der Waals surface area (Å²) < 4.78 is 0. The lowest BCUT2D eigenvalue weighted by molar-refractivity contribution is 0.0684. The minimum atomic E-state index is 0. The Hall–Kier alpha value is -2.66. The fraction of sp³-hybridized carbons (Fsp3) is 0.375. The molecule has 0 bridgehead atoms. The van der Waals surface area contributed by atoms with Crippen LogP contribution in [-0.4, -0.2) is 33.9 Å². The molecule has 1 amide bonds. The second-order valence-electron chi connectivity index (χ2n) is 8.37. The van der Waals surface area contributed by atoms with Gasteiger partial charge in [0.1, 0.15) is 0 Å². The van der Waals surface area contributed by atoms with Crippen molar-refractivity contribution >= 4 is 40.7 Å². The van der Waals surface area contributed by atoms with E-state index in [1.165, 1.54) is 17.5 Å². The molecule has 158 valence electrons. The first kappa shape index (κ1) is 22.0. The van der Waals surface area contributed by atoms with Crippen molar-refractivity contribution in [3.05, 3.63) is 58.9 Å². The number of halogens is 1. The molecule has 1 aliphatic rings. The fourth-order valence-electron chi connectivity index (χ4n) is 4.20. The lowest BCUT2D eigenvalue weighted by atomic mass is 9.99. The zero-order valence-corrected chi connectivity index (χ0v) is 18.8. The van der Waals surface area contributed by atoms with Crippen molar-refractivity contribution in [2.24, 2.45) is 5.92 Å². The number of nitrogens with one attached hydrogen (secondary N) is 1. The van der Waals surface area contributed by atoms with E-state index in [9.17, 15) is 4.79 Å². The molecule has 1 N–H and O–H groups in total. The average Bonchev–Trinajstić information content (AvgIpc) is 2.66. The summed E-state index contributed by atoms with van der Waals surface area (Å²) in [5, 5.41) is 4.39. The van der Waals surface area contributed by atoms with Gasteiger partial charge in [-0.1, -0.05) is 13.0 Å². The van der Waals surface area contributed by atoms with Crippen LogP contribution >= 0.6 is 12.4 Å². The number of pyridine rings is 2. The van der Waals surface area contributed by atoms with Crippen LogP contribution in [0.2, 0.25) is 0 Å². The van der Waals surface area contributed by atoms with Gasteiger partial charge in [0.05, 0.1) is 11.3 Å². The smallest absolute Gasteiger partial charge is 0.257 e. The quantitative estimate of drug-likeness (QED) is 0.595. The average molecular weight is 425 g/mol. The first-order valence-corrected chi connectivity index (χ1v) is 10.3. The summed E-state index contributed by atoms with van der Waals surface area (Å²) >= 11 is 0. The largest absolute Gasteiger partial charge is 0.354 e. The first-order chi connectivity index (χ1) is 13.9. The van der Waals surface area contributed by atoms with E-state index in [0.29, 0.717) is 17.1 Å². The Labute approximate surface area is 184 Å². The van der Waals surface area contributed by atoms with Crippen LogP contribution in [0.1, 0.15) is 46.9 Å². The van der Waals surface area contributed by atoms with E-state index in [0.717, 1.165) is 42.0 Å². The van der Waals surface area contributed by atoms with E-state index >= 15 is 0 Å². The summed E-state index contributed by atoms with van der Waals surface area (Å²) in [4.78, 5) is 24.5. The zero-order chi connectivity index (χ0) is 20.5. The maximum Gasteiger partial charge on any atom is 0.257 e. The van der Waals surface area contributed by atoms with Crippen LogP contribution in [0, 0.1) is 26.7 Å². The van der Waals surface area contributed by atoms with Crippen molar-refractivity contribution in [3.63, 3.8) is 0 Å². The van der Waals surface area contributed by atoms with Gasteiger partial charge in [0.2, 0.25) is 0 Å². The summed E-state index contributed by atoms with van der Waals surface area (Å²) in [5.74, 6) is 0.569. The molecule has 6 heteroatoms. The normalized spacial score (nSPS) is 16.3. The van der Waals surface area contributed by atoms with E-state index in [1.807, 2.05) is 24.0 Å². The van der Waals surface area contributed by atoms with Crippen molar-refractivity contribution in [3.8, 4) is 0 Å². The number of hydrogen-bond donors (Lipinski definition) is 1. The van der Waals surface area contributed by atoms with Gasteiger partial charge in [0.25, 0.3) is 5.91 Å². The van der Waals surface area contributed by atoms with Crippen molar-refractivity contribution in [1.29, 1.82) is 0 Å². The number of fused-ring (bicyclic) bond motifs is 1. The van der Waals surface area contributed by atoms with Gasteiger partial charge in [0, 0.05) is 36.1 Å². The molecule has 1 aliphatic heterocycles. The SMILES string of the molecule is Cc1cc(C)cc(Nc2c(C(=O)N3CCCC(C)C3)cnc3nc(C)ccc23)c1.Cl. The third-order valence-electron chi connectivity index (χ3n) is 5.53. The Morgan fingerprint density at radius 1 is 1.13 bits per heavy atom. The number of hydrogen-bond acceptors (Lipinski definition) is 4. The predicted molar refractivity (Wildman–Crippen MR) is 125 cm³/mol. The fourth-order valence-corrected chi connectivity index (χ4v) is 4.20. The molecule has 0 saturated carbocycles. The Morgan fingerprint density at radius 3 is 2.57 bits per heavy atom. The van der Waals surface area contributed by atoms with Crippen LogP contribution in [0.5, 0.6) is 0 Å². The van der Waals surface area contributed by atoms with Crippen LogP contribution < -0.4 is 5.32 Å². The van der Waals surface area contributed by atoms with E-state index in [4.69, 9.17) is 0 Å². The number of rotatable bonds is 3. The number of nitrogens with zero attached hydrogens (tertiary/aromatic N) is 3. The molecule has 3 aromatic rings. The molecule has 0 spiro atoms. The number of carbonyl (C=O) groups is 1. The van der Waals surface area contributed by atoms with Crippen molar-refractivity contribution in [2.45, 2.75) is 40.5 Å². The second-order valence-corrected chi connectivity index (χ2v) is 8.37. The van der Waals surface area contributed by atoms with Crippen molar-refractivity contribution in [2.75, 3.05) is 18.4 Å². The Kier molecular flexibility index (Phi) is 6.61. The minimum absolute atomic E-state index is 0. The molecule has 1 atom stereocenters. The van der Waals surface area contributed by atoms with Gasteiger partial charge >= 0.3 is 0 Å². The predicted octanol–water partition coefficient (Wildman–Crippen LogP) is 5.59. The van der Waals surface area contributed by atoms with Gasteiger partial charge in [-0.2, -0.15) is 0 Å². The number of anilines is 2. The first-order valence-electron chi connectivity index (χ1n) is 10.3. The van der Waals surface area contributed by atoms with E-state index < -0.39 is 0 Å². The summed E-state index contributed by atoms with van der Waals surface area (Å²) in [6, 6.07) is 10.3. The van der Waals surface area contributed by atoms with Gasteiger partial charge in [-0.3, -0.25) is 4.79 Å². The molecule has 5 nitrogen and oxygen atoms in total. The number of aryl methyl sites for hydroxylation is 3. The molecule has 1 aromatic carbocycles. The molecule has 2 aromatic heterocycles. The van der Waals surface area contributed by atoms with Crippen molar-refractivity contribution < 1.29 is 4.79 Å². The van der Waals surface area contributed by atoms with E-state index in [1.54, 1.807) is 6.20 Å². The summed E-state index contributed by atoms with van der Waals surface area (Å²) in [5.41, 5.74) is 6.28.